The van der Waals surface area contributed by atoms with E-state index in [0.29, 0.717) is 22.4 Å². The van der Waals surface area contributed by atoms with Crippen LogP contribution in [-0.2, 0) is 15.8 Å². The molecule has 2 aromatic rings. The smallest absolute Gasteiger partial charge is 0.259 e. The third-order valence-electron chi connectivity index (χ3n) is 5.43. The van der Waals surface area contributed by atoms with Crippen molar-refractivity contribution in [1.82, 2.24) is 15.6 Å². The average molecular weight is 473 g/mol. The zero-order chi connectivity index (χ0) is 23.6. The quantitative estimate of drug-likeness (QED) is 0.556. The third-order valence-corrected chi connectivity index (χ3v) is 6.58. The first-order valence-corrected chi connectivity index (χ1v) is 12.3. The first-order valence-electron chi connectivity index (χ1n) is 10.7. The van der Waals surface area contributed by atoms with Gasteiger partial charge in [-0.3, -0.25) is 4.79 Å². The number of fused-ring (bicyclic) bond motifs is 1. The topological polar surface area (TPSA) is 139 Å². The second kappa shape index (κ2) is 8.99. The molecular weight excluding hydrogens is 444 g/mol. The highest BCUT2D eigenvalue weighted by atomic mass is 32.2. The Bertz CT molecular complexity index is 1190. The molecule has 33 heavy (non-hydrogen) atoms. The van der Waals surface area contributed by atoms with Crippen LogP contribution in [0.4, 0.5) is 5.82 Å². The van der Waals surface area contributed by atoms with Crippen LogP contribution in [0.3, 0.4) is 0 Å². The number of pyridine rings is 1. The van der Waals surface area contributed by atoms with Gasteiger partial charge in [0, 0.05) is 37.9 Å². The molecule has 1 saturated heterocycles. The Hall–Kier alpha value is -3.18. The molecule has 0 spiro atoms. The Morgan fingerprint density at radius 2 is 2.03 bits per heavy atom. The van der Waals surface area contributed by atoms with Gasteiger partial charge in [0.15, 0.2) is 0 Å². The Morgan fingerprint density at radius 3 is 2.79 bits per heavy atom. The van der Waals surface area contributed by atoms with Crippen LogP contribution in [0.1, 0.15) is 35.3 Å². The lowest BCUT2D eigenvalue weighted by atomic mass is 10.0. The summed E-state index contributed by atoms with van der Waals surface area (Å²) in [5.74, 6) is 0.656. The van der Waals surface area contributed by atoms with E-state index in [9.17, 15) is 13.2 Å². The van der Waals surface area contributed by atoms with Gasteiger partial charge in [-0.2, -0.15) is 0 Å². The lowest BCUT2D eigenvalue weighted by Crippen LogP contribution is -2.48. The molecule has 10 nitrogen and oxygen atoms in total. The van der Waals surface area contributed by atoms with E-state index in [0.717, 1.165) is 32.0 Å². The molecule has 0 radical (unpaired) electrons. The van der Waals surface area contributed by atoms with E-state index >= 15 is 0 Å². The van der Waals surface area contributed by atoms with E-state index in [1.165, 1.54) is 0 Å². The highest BCUT2D eigenvalue weighted by Gasteiger charge is 2.27. The summed E-state index contributed by atoms with van der Waals surface area (Å²) in [6.07, 6.45) is 1.64. The molecule has 2 aliphatic rings. The highest BCUT2D eigenvalue weighted by Crippen LogP contribution is 2.28. The Morgan fingerprint density at radius 1 is 1.27 bits per heavy atom. The average Bonchev–Trinajstić information content (AvgIpc) is 2.77. The van der Waals surface area contributed by atoms with Gasteiger partial charge in [-0.15, -0.1) is 4.40 Å². The van der Waals surface area contributed by atoms with Gasteiger partial charge in [0.25, 0.3) is 15.9 Å². The number of amides is 1. The number of rotatable bonds is 6. The molecule has 1 aromatic heterocycles. The molecule has 0 bridgehead atoms. The van der Waals surface area contributed by atoms with E-state index in [1.54, 1.807) is 36.5 Å². The van der Waals surface area contributed by atoms with Crippen LogP contribution in [0.25, 0.3) is 0 Å². The maximum absolute atomic E-state index is 12.9. The van der Waals surface area contributed by atoms with Gasteiger partial charge in [-0.25, -0.2) is 13.4 Å². The van der Waals surface area contributed by atoms with Crippen LogP contribution in [0.15, 0.2) is 40.9 Å². The summed E-state index contributed by atoms with van der Waals surface area (Å²) in [6.45, 7) is 7.28. The van der Waals surface area contributed by atoms with Crippen LogP contribution in [0, 0.1) is 0 Å². The molecule has 0 saturated carbocycles. The maximum atomic E-state index is 12.9. The van der Waals surface area contributed by atoms with Crippen molar-refractivity contribution in [1.29, 1.82) is 0 Å². The molecule has 11 heteroatoms. The molecule has 4 rings (SSSR count). The lowest BCUT2D eigenvalue weighted by molar-refractivity contribution is 0.0880. The zero-order valence-corrected chi connectivity index (χ0v) is 19.5. The van der Waals surface area contributed by atoms with E-state index in [4.69, 9.17) is 10.5 Å². The molecule has 2 aliphatic heterocycles. The zero-order valence-electron chi connectivity index (χ0n) is 18.7. The van der Waals surface area contributed by atoms with E-state index in [2.05, 4.69) is 24.9 Å². The molecule has 0 atom stereocenters. The second-order valence-electron chi connectivity index (χ2n) is 8.76. The summed E-state index contributed by atoms with van der Waals surface area (Å²) < 4.78 is 33.3. The largest absolute Gasteiger partial charge is 0.490 e. The normalized spacial score (nSPS) is 17.6. The van der Waals surface area contributed by atoms with Crippen molar-refractivity contribution >= 4 is 27.6 Å². The number of benzene rings is 1. The predicted octanol–water partition coefficient (Wildman–Crippen LogP) is 0.627. The van der Waals surface area contributed by atoms with Crippen molar-refractivity contribution in [3.05, 3.63) is 53.2 Å². The predicted molar refractivity (Wildman–Crippen MR) is 126 cm³/mol. The minimum Gasteiger partial charge on any atom is -0.490 e. The number of nitrogens with one attached hydrogen (secondary N) is 2. The monoisotopic (exact) mass is 472 g/mol. The molecule has 3 heterocycles. The van der Waals surface area contributed by atoms with Crippen molar-refractivity contribution in [2.45, 2.75) is 25.1 Å². The lowest BCUT2D eigenvalue weighted by Gasteiger charge is -2.29. The summed E-state index contributed by atoms with van der Waals surface area (Å²) in [4.78, 5) is 19.5. The number of hydrogen-bond acceptors (Lipinski definition) is 8. The fourth-order valence-electron chi connectivity index (χ4n) is 3.83. The number of hydrogen-bond donors (Lipinski definition) is 3. The summed E-state index contributed by atoms with van der Waals surface area (Å²) in [7, 11) is -3.63. The van der Waals surface area contributed by atoms with Gasteiger partial charge in [0.2, 0.25) is 0 Å². The first kappa shape index (κ1) is 23.0. The number of nitrogens with zero attached hydrogens (tertiary/aromatic N) is 3. The fourth-order valence-corrected chi connectivity index (χ4v) is 4.92. The van der Waals surface area contributed by atoms with Gasteiger partial charge >= 0.3 is 0 Å². The van der Waals surface area contributed by atoms with Crippen molar-refractivity contribution in [2.24, 2.45) is 10.1 Å². The van der Waals surface area contributed by atoms with Crippen LogP contribution in [0.2, 0.25) is 0 Å². The van der Waals surface area contributed by atoms with Crippen LogP contribution >= 0.6 is 0 Å². The number of nitrogens with two attached hydrogens (primary N) is 1. The number of anilines is 1. The minimum absolute atomic E-state index is 0.0917. The molecule has 176 valence electrons. The van der Waals surface area contributed by atoms with Gasteiger partial charge in [0.05, 0.1) is 16.9 Å². The molecule has 1 aromatic carbocycles. The van der Waals surface area contributed by atoms with Crippen molar-refractivity contribution in [3.8, 4) is 5.75 Å². The maximum Gasteiger partial charge on any atom is 0.259 e. The van der Waals surface area contributed by atoms with Crippen molar-refractivity contribution < 1.29 is 17.9 Å². The standard InChI is InChI=1S/C22H28N6O4S/c1-22(2,14-32-17-5-3-4-16-13-33(30,31)27-20(23)19(16)17)26-21(29)15-6-7-25-18(12-15)28-10-8-24-9-11-28/h3-7,12,24H,8-11,13-14H2,1-2H3,(H2,23,27)(H,26,29). The van der Waals surface area contributed by atoms with Crippen molar-refractivity contribution in [2.75, 3.05) is 37.7 Å². The molecule has 0 aliphatic carbocycles. The minimum atomic E-state index is -3.63. The van der Waals surface area contributed by atoms with Gasteiger partial charge in [-0.1, -0.05) is 12.1 Å². The van der Waals surface area contributed by atoms with Crippen LogP contribution in [0.5, 0.6) is 5.75 Å². The van der Waals surface area contributed by atoms with Crippen LogP contribution < -0.4 is 26.0 Å². The molecule has 1 amide bonds. The highest BCUT2D eigenvalue weighted by molar-refractivity contribution is 7.89. The Balaban J connectivity index is 1.44. The summed E-state index contributed by atoms with van der Waals surface area (Å²) in [5, 5.41) is 6.30. The number of carbonyl (C=O) groups is 1. The van der Waals surface area contributed by atoms with Gasteiger partial charge in [0.1, 0.15) is 24.0 Å². The molecule has 1 fully saturated rings. The first-order chi connectivity index (χ1) is 15.6. The second-order valence-corrected chi connectivity index (χ2v) is 10.4. The number of ether oxygens (including phenoxy) is 1. The van der Waals surface area contributed by atoms with E-state index < -0.39 is 15.6 Å². The number of amidine groups is 1. The Labute approximate surface area is 193 Å². The van der Waals surface area contributed by atoms with Crippen LogP contribution in [-0.4, -0.2) is 63.5 Å². The summed E-state index contributed by atoms with van der Waals surface area (Å²) >= 11 is 0. The third kappa shape index (κ3) is 5.42. The molecule has 0 unspecified atom stereocenters. The van der Waals surface area contributed by atoms with Gasteiger partial charge < -0.3 is 26.0 Å². The summed E-state index contributed by atoms with van der Waals surface area (Å²) in [6, 6.07) is 8.59. The van der Waals surface area contributed by atoms with E-state index in [-0.39, 0.29) is 24.1 Å². The fraction of sp³-hybridized carbons (Fsp3) is 0.409. The van der Waals surface area contributed by atoms with Gasteiger partial charge in [-0.05, 0) is 37.6 Å². The molecular formula is C22H28N6O4S. The number of sulfonamides is 1. The number of aromatic nitrogens is 1. The molecule has 4 N–H and O–H groups in total. The number of carbonyl (C=O) groups excluding carboxylic acids is 1. The Kier molecular flexibility index (Phi) is 6.26. The van der Waals surface area contributed by atoms with Crippen molar-refractivity contribution in [3.63, 3.8) is 0 Å². The van der Waals surface area contributed by atoms with E-state index in [1.807, 2.05) is 13.8 Å². The summed E-state index contributed by atoms with van der Waals surface area (Å²) in [5.41, 5.74) is 6.72. The number of piperazine rings is 1. The SMILES string of the molecule is CC(C)(COc1cccc2c1C(N)=NS(=O)(=O)C2)NC(=O)c1ccnc(N2CCNCC2)c1.